The minimum atomic E-state index is -0.394. The molecule has 21 heavy (non-hydrogen) atoms. The van der Waals surface area contributed by atoms with Crippen molar-refractivity contribution in [1.82, 2.24) is 9.88 Å². The molecule has 7 nitrogen and oxygen atoms in total. The Morgan fingerprint density at radius 2 is 2.05 bits per heavy atom. The molecule has 116 valence electrons. The van der Waals surface area contributed by atoms with Gasteiger partial charge in [-0.1, -0.05) is 6.92 Å². The summed E-state index contributed by atoms with van der Waals surface area (Å²) >= 11 is 0. The average Bonchev–Trinajstić information content (AvgIpc) is 2.98. The van der Waals surface area contributed by atoms with E-state index >= 15 is 0 Å². The molecular formula is C14H23N5O2. The van der Waals surface area contributed by atoms with E-state index in [4.69, 9.17) is 0 Å². The second kappa shape index (κ2) is 7.78. The fourth-order valence-corrected chi connectivity index (χ4v) is 2.42. The Hall–Kier alpha value is -1.89. The highest BCUT2D eigenvalue weighted by atomic mass is 16.6. The van der Waals surface area contributed by atoms with Crippen LogP contribution in [0.2, 0.25) is 0 Å². The molecule has 1 aromatic rings. The second-order valence-electron chi connectivity index (χ2n) is 5.22. The summed E-state index contributed by atoms with van der Waals surface area (Å²) < 4.78 is 0. The van der Waals surface area contributed by atoms with E-state index in [2.05, 4.69) is 27.4 Å². The first kappa shape index (κ1) is 15.5. The van der Waals surface area contributed by atoms with E-state index in [1.165, 1.54) is 18.9 Å². The third-order valence-electron chi connectivity index (χ3n) is 3.55. The molecule has 0 bridgehead atoms. The highest BCUT2D eigenvalue weighted by Crippen LogP contribution is 2.23. The molecule has 0 aromatic carbocycles. The minimum Gasteiger partial charge on any atom is -0.370 e. The maximum atomic E-state index is 11.1. The average molecular weight is 293 g/mol. The van der Waals surface area contributed by atoms with E-state index < -0.39 is 4.92 Å². The van der Waals surface area contributed by atoms with Crippen LogP contribution in [-0.2, 0) is 0 Å². The molecule has 2 rings (SSSR count). The molecule has 0 unspecified atom stereocenters. The number of anilines is 2. The fraction of sp³-hybridized carbons (Fsp3) is 0.643. The summed E-state index contributed by atoms with van der Waals surface area (Å²) in [6.07, 6.45) is 3.47. The van der Waals surface area contributed by atoms with E-state index in [9.17, 15) is 10.1 Å². The van der Waals surface area contributed by atoms with Gasteiger partial charge in [0.1, 0.15) is 5.82 Å². The van der Waals surface area contributed by atoms with E-state index in [0.29, 0.717) is 18.2 Å². The van der Waals surface area contributed by atoms with Gasteiger partial charge in [-0.05, 0) is 38.4 Å². The molecule has 0 amide bonds. The summed E-state index contributed by atoms with van der Waals surface area (Å²) in [4.78, 5) is 17.3. The van der Waals surface area contributed by atoms with Gasteiger partial charge in [-0.25, -0.2) is 4.98 Å². The number of hydrogen-bond acceptors (Lipinski definition) is 6. The van der Waals surface area contributed by atoms with Gasteiger partial charge in [-0.3, -0.25) is 10.1 Å². The molecule has 1 aliphatic heterocycles. The van der Waals surface area contributed by atoms with Gasteiger partial charge < -0.3 is 15.5 Å². The topological polar surface area (TPSA) is 83.3 Å². The zero-order chi connectivity index (χ0) is 15.1. The lowest BCUT2D eigenvalue weighted by molar-refractivity contribution is -0.384. The molecule has 0 atom stereocenters. The molecule has 0 spiro atoms. The Morgan fingerprint density at radius 1 is 1.29 bits per heavy atom. The van der Waals surface area contributed by atoms with Gasteiger partial charge in [0.15, 0.2) is 0 Å². The summed E-state index contributed by atoms with van der Waals surface area (Å²) in [6, 6.07) is 3.16. The lowest BCUT2D eigenvalue weighted by atomic mass is 10.3. The summed E-state index contributed by atoms with van der Waals surface area (Å²) in [6.45, 7) is 6.67. The van der Waals surface area contributed by atoms with Gasteiger partial charge in [0.05, 0.1) is 4.92 Å². The van der Waals surface area contributed by atoms with Gasteiger partial charge >= 0.3 is 5.69 Å². The number of likely N-dealkylation sites (tertiary alicyclic amines) is 1. The minimum absolute atomic E-state index is 0.0264. The van der Waals surface area contributed by atoms with Crippen LogP contribution in [0.4, 0.5) is 17.3 Å². The Bertz CT molecular complexity index is 474. The number of pyridine rings is 1. The molecule has 7 heteroatoms. The standard InChI is InChI=1S/C14H23N5O2/c1-2-7-15-13-6-5-12(19(20)21)14(17-13)16-8-11-18-9-3-4-10-18/h5-6H,2-4,7-11H2,1H3,(H2,15,16,17). The first-order valence-corrected chi connectivity index (χ1v) is 7.56. The number of hydrogen-bond donors (Lipinski definition) is 2. The van der Waals surface area contributed by atoms with Crippen molar-refractivity contribution in [3.05, 3.63) is 22.2 Å². The molecule has 1 aromatic heterocycles. The van der Waals surface area contributed by atoms with Crippen LogP contribution >= 0.6 is 0 Å². The predicted molar refractivity (Wildman–Crippen MR) is 83.8 cm³/mol. The van der Waals surface area contributed by atoms with Crippen LogP contribution in [0, 0.1) is 10.1 Å². The van der Waals surface area contributed by atoms with Crippen LogP contribution < -0.4 is 10.6 Å². The van der Waals surface area contributed by atoms with E-state index in [1.54, 1.807) is 6.07 Å². The molecule has 0 saturated carbocycles. The largest absolute Gasteiger partial charge is 0.370 e. The molecule has 1 aliphatic rings. The third-order valence-corrected chi connectivity index (χ3v) is 3.55. The molecule has 2 N–H and O–H groups in total. The SMILES string of the molecule is CCCNc1ccc([N+](=O)[O-])c(NCCN2CCCC2)n1. The van der Waals surface area contributed by atoms with Crippen molar-refractivity contribution in [3.63, 3.8) is 0 Å². The smallest absolute Gasteiger partial charge is 0.311 e. The summed E-state index contributed by atoms with van der Waals surface area (Å²) in [5.41, 5.74) is 0.0264. The fourth-order valence-electron chi connectivity index (χ4n) is 2.42. The van der Waals surface area contributed by atoms with Gasteiger partial charge in [-0.15, -0.1) is 0 Å². The zero-order valence-electron chi connectivity index (χ0n) is 12.5. The van der Waals surface area contributed by atoms with Crippen molar-refractivity contribution in [3.8, 4) is 0 Å². The predicted octanol–water partition coefficient (Wildman–Crippen LogP) is 2.32. The quantitative estimate of drug-likeness (QED) is 0.565. The van der Waals surface area contributed by atoms with E-state index in [1.807, 2.05) is 0 Å². The number of rotatable bonds is 8. The summed E-state index contributed by atoms with van der Waals surface area (Å²) in [5, 5.41) is 17.3. The van der Waals surface area contributed by atoms with E-state index in [-0.39, 0.29) is 5.69 Å². The first-order chi connectivity index (χ1) is 10.2. The van der Waals surface area contributed by atoms with Crippen LogP contribution in [0.15, 0.2) is 12.1 Å². The van der Waals surface area contributed by atoms with Crippen molar-refractivity contribution in [2.45, 2.75) is 26.2 Å². The number of aromatic nitrogens is 1. The van der Waals surface area contributed by atoms with Crippen molar-refractivity contribution in [2.75, 3.05) is 43.4 Å². The maximum absolute atomic E-state index is 11.1. The molecule has 0 aliphatic carbocycles. The van der Waals surface area contributed by atoms with Crippen LogP contribution in [0.1, 0.15) is 26.2 Å². The molecular weight excluding hydrogens is 270 g/mol. The molecule has 1 saturated heterocycles. The Morgan fingerprint density at radius 3 is 2.71 bits per heavy atom. The van der Waals surface area contributed by atoms with Gasteiger partial charge in [-0.2, -0.15) is 0 Å². The van der Waals surface area contributed by atoms with Crippen molar-refractivity contribution >= 4 is 17.3 Å². The zero-order valence-corrected chi connectivity index (χ0v) is 12.5. The highest BCUT2D eigenvalue weighted by molar-refractivity contribution is 5.60. The Kier molecular flexibility index (Phi) is 5.74. The van der Waals surface area contributed by atoms with Crippen LogP contribution in [0.25, 0.3) is 0 Å². The molecule has 1 fully saturated rings. The van der Waals surface area contributed by atoms with Crippen molar-refractivity contribution in [1.29, 1.82) is 0 Å². The van der Waals surface area contributed by atoms with Gasteiger partial charge in [0, 0.05) is 25.7 Å². The summed E-state index contributed by atoms with van der Waals surface area (Å²) in [5.74, 6) is 1.02. The monoisotopic (exact) mass is 293 g/mol. The van der Waals surface area contributed by atoms with Crippen LogP contribution in [0.3, 0.4) is 0 Å². The summed E-state index contributed by atoms with van der Waals surface area (Å²) in [7, 11) is 0. The van der Waals surface area contributed by atoms with Gasteiger partial charge in [0.25, 0.3) is 0 Å². The van der Waals surface area contributed by atoms with Crippen molar-refractivity contribution < 1.29 is 4.92 Å². The van der Waals surface area contributed by atoms with Crippen LogP contribution in [0.5, 0.6) is 0 Å². The van der Waals surface area contributed by atoms with Crippen LogP contribution in [-0.4, -0.2) is 47.5 Å². The molecule has 0 radical (unpaired) electrons. The molecule has 2 heterocycles. The van der Waals surface area contributed by atoms with Gasteiger partial charge in [0.2, 0.25) is 5.82 Å². The number of nitrogens with zero attached hydrogens (tertiary/aromatic N) is 3. The number of nitro groups is 1. The highest BCUT2D eigenvalue weighted by Gasteiger charge is 2.16. The Balaban J connectivity index is 1.97. The first-order valence-electron chi connectivity index (χ1n) is 7.56. The van der Waals surface area contributed by atoms with Crippen molar-refractivity contribution in [2.24, 2.45) is 0 Å². The lowest BCUT2D eigenvalue weighted by Gasteiger charge is -2.15. The third kappa shape index (κ3) is 4.56. The Labute approximate surface area is 124 Å². The lowest BCUT2D eigenvalue weighted by Crippen LogP contribution is -2.26. The van der Waals surface area contributed by atoms with E-state index in [0.717, 1.165) is 32.6 Å². The number of nitrogens with one attached hydrogen (secondary N) is 2. The normalized spacial score (nSPS) is 15.1. The second-order valence-corrected chi connectivity index (χ2v) is 5.22. The maximum Gasteiger partial charge on any atom is 0.311 e.